The number of hydrogen-bond acceptors (Lipinski definition) is 3. The van der Waals surface area contributed by atoms with E-state index < -0.39 is 0 Å². The largest absolute Gasteiger partial charge is 0.329 e. The lowest BCUT2D eigenvalue weighted by Crippen LogP contribution is -2.44. The average Bonchev–Trinajstić information content (AvgIpc) is 2.63. The third-order valence-electron chi connectivity index (χ3n) is 4.36. The van der Waals surface area contributed by atoms with Crippen LogP contribution in [-0.4, -0.2) is 49.1 Å². The molecule has 2 atom stereocenters. The number of rotatable bonds is 4. The van der Waals surface area contributed by atoms with Gasteiger partial charge in [0.05, 0.1) is 0 Å². The number of hydrogen-bond donors (Lipinski definition) is 1. The molecule has 1 heterocycles. The van der Waals surface area contributed by atoms with Gasteiger partial charge in [-0.25, -0.2) is 4.39 Å². The van der Waals surface area contributed by atoms with Gasteiger partial charge in [-0.05, 0) is 44.1 Å². The fraction of sp³-hybridized carbons (Fsp3) is 0.625. The Morgan fingerprint density at radius 1 is 1.43 bits per heavy atom. The minimum atomic E-state index is -0.218. The van der Waals surface area contributed by atoms with Crippen LogP contribution >= 0.6 is 15.9 Å². The van der Waals surface area contributed by atoms with Crippen molar-refractivity contribution in [2.24, 2.45) is 5.73 Å². The summed E-state index contributed by atoms with van der Waals surface area (Å²) in [6.45, 7) is 5.99. The molecule has 0 bridgehead atoms. The Morgan fingerprint density at radius 3 is 2.81 bits per heavy atom. The van der Waals surface area contributed by atoms with Gasteiger partial charge in [-0.3, -0.25) is 4.90 Å². The van der Waals surface area contributed by atoms with Gasteiger partial charge in [-0.1, -0.05) is 28.9 Å². The van der Waals surface area contributed by atoms with Crippen molar-refractivity contribution >= 4 is 15.9 Å². The molecule has 1 aromatic carbocycles. The molecule has 2 N–H and O–H groups in total. The second-order valence-corrected chi connectivity index (χ2v) is 6.69. The van der Waals surface area contributed by atoms with Gasteiger partial charge in [-0.15, -0.1) is 0 Å². The van der Waals surface area contributed by atoms with Crippen molar-refractivity contribution < 1.29 is 4.39 Å². The van der Waals surface area contributed by atoms with E-state index in [1.165, 1.54) is 12.1 Å². The molecule has 0 radical (unpaired) electrons. The summed E-state index contributed by atoms with van der Waals surface area (Å²) in [4.78, 5) is 4.89. The van der Waals surface area contributed by atoms with Gasteiger partial charge >= 0.3 is 0 Å². The minimum Gasteiger partial charge on any atom is -0.329 e. The molecular formula is C16H25BrFN3. The first-order valence-electron chi connectivity index (χ1n) is 7.66. The summed E-state index contributed by atoms with van der Waals surface area (Å²) < 4.78 is 14.1. The van der Waals surface area contributed by atoms with E-state index >= 15 is 0 Å². The Morgan fingerprint density at radius 2 is 2.19 bits per heavy atom. The van der Waals surface area contributed by atoms with E-state index in [1.807, 2.05) is 6.07 Å². The first kappa shape index (κ1) is 16.9. The van der Waals surface area contributed by atoms with Crippen LogP contribution in [-0.2, 0) is 0 Å². The Hall–Kier alpha value is -0.490. The van der Waals surface area contributed by atoms with Crippen molar-refractivity contribution in [3.05, 3.63) is 34.1 Å². The van der Waals surface area contributed by atoms with Crippen molar-refractivity contribution in [1.29, 1.82) is 0 Å². The fourth-order valence-corrected chi connectivity index (χ4v) is 3.86. The second-order valence-electron chi connectivity index (χ2n) is 5.83. The molecule has 0 amide bonds. The van der Waals surface area contributed by atoms with Crippen molar-refractivity contribution in [2.75, 3.05) is 33.2 Å². The van der Waals surface area contributed by atoms with Crippen LogP contribution in [0.3, 0.4) is 0 Å². The van der Waals surface area contributed by atoms with Crippen LogP contribution in [0, 0.1) is 5.82 Å². The smallest absolute Gasteiger partial charge is 0.124 e. The molecule has 5 heteroatoms. The summed E-state index contributed by atoms with van der Waals surface area (Å²) in [5.74, 6) is -0.218. The van der Waals surface area contributed by atoms with Crippen molar-refractivity contribution in [1.82, 2.24) is 9.80 Å². The van der Waals surface area contributed by atoms with E-state index in [1.54, 1.807) is 0 Å². The van der Waals surface area contributed by atoms with E-state index in [0.29, 0.717) is 12.6 Å². The molecule has 1 aromatic rings. The Balaban J connectivity index is 2.29. The summed E-state index contributed by atoms with van der Waals surface area (Å²) in [6.07, 6.45) is 2.24. The molecule has 2 rings (SSSR count). The maximum absolute atomic E-state index is 13.3. The van der Waals surface area contributed by atoms with E-state index in [9.17, 15) is 4.39 Å². The fourth-order valence-electron chi connectivity index (χ4n) is 3.25. The van der Waals surface area contributed by atoms with Crippen LogP contribution < -0.4 is 5.73 Å². The van der Waals surface area contributed by atoms with Gasteiger partial charge in [0.1, 0.15) is 5.82 Å². The third kappa shape index (κ3) is 4.03. The van der Waals surface area contributed by atoms with Crippen molar-refractivity contribution in [2.45, 2.75) is 31.8 Å². The number of halogens is 2. The molecule has 2 unspecified atom stereocenters. The van der Waals surface area contributed by atoms with E-state index in [0.717, 1.165) is 42.5 Å². The Labute approximate surface area is 135 Å². The molecule has 0 saturated carbocycles. The summed E-state index contributed by atoms with van der Waals surface area (Å²) in [6, 6.07) is 5.54. The SMILES string of the molecule is CCC1CN(C)CCCN1C(CN)c1ccc(F)cc1Br. The zero-order chi connectivity index (χ0) is 15.4. The van der Waals surface area contributed by atoms with Crippen LogP contribution in [0.5, 0.6) is 0 Å². The second kappa shape index (κ2) is 7.68. The van der Waals surface area contributed by atoms with Crippen LogP contribution in [0.2, 0.25) is 0 Å². The van der Waals surface area contributed by atoms with Crippen LogP contribution in [0.1, 0.15) is 31.4 Å². The van der Waals surface area contributed by atoms with Gasteiger partial charge in [0.2, 0.25) is 0 Å². The number of likely N-dealkylation sites (N-methyl/N-ethyl adjacent to an activating group) is 1. The number of nitrogens with zero attached hydrogens (tertiary/aromatic N) is 2. The van der Waals surface area contributed by atoms with Crippen LogP contribution in [0.4, 0.5) is 4.39 Å². The van der Waals surface area contributed by atoms with Gasteiger partial charge < -0.3 is 10.6 Å². The zero-order valence-corrected chi connectivity index (χ0v) is 14.4. The topological polar surface area (TPSA) is 32.5 Å². The molecule has 1 saturated heterocycles. The van der Waals surface area contributed by atoms with E-state index in [4.69, 9.17) is 5.73 Å². The summed E-state index contributed by atoms with van der Waals surface area (Å²) >= 11 is 3.50. The summed E-state index contributed by atoms with van der Waals surface area (Å²) in [5.41, 5.74) is 7.16. The van der Waals surface area contributed by atoms with E-state index in [-0.39, 0.29) is 11.9 Å². The normalized spacial score (nSPS) is 23.0. The maximum Gasteiger partial charge on any atom is 0.124 e. The molecule has 0 spiro atoms. The third-order valence-corrected chi connectivity index (χ3v) is 5.05. The van der Waals surface area contributed by atoms with Gasteiger partial charge in [0, 0.05) is 36.2 Å². The van der Waals surface area contributed by atoms with Crippen molar-refractivity contribution in [3.8, 4) is 0 Å². The molecule has 0 aliphatic carbocycles. The van der Waals surface area contributed by atoms with E-state index in [2.05, 4.69) is 39.7 Å². The highest BCUT2D eigenvalue weighted by Crippen LogP contribution is 2.31. The maximum atomic E-state index is 13.3. The van der Waals surface area contributed by atoms with Gasteiger partial charge in [-0.2, -0.15) is 0 Å². The molecule has 1 aliphatic rings. The molecular weight excluding hydrogens is 333 g/mol. The van der Waals surface area contributed by atoms with Crippen LogP contribution in [0.25, 0.3) is 0 Å². The monoisotopic (exact) mass is 357 g/mol. The highest BCUT2D eigenvalue weighted by Gasteiger charge is 2.29. The highest BCUT2D eigenvalue weighted by atomic mass is 79.9. The summed E-state index contributed by atoms with van der Waals surface area (Å²) in [5, 5.41) is 0. The molecule has 1 aliphatic heterocycles. The lowest BCUT2D eigenvalue weighted by atomic mass is 10.0. The highest BCUT2D eigenvalue weighted by molar-refractivity contribution is 9.10. The Kier molecular flexibility index (Phi) is 6.17. The predicted molar refractivity (Wildman–Crippen MR) is 88.8 cm³/mol. The minimum absolute atomic E-state index is 0.136. The first-order chi connectivity index (χ1) is 10.1. The zero-order valence-electron chi connectivity index (χ0n) is 12.9. The predicted octanol–water partition coefficient (Wildman–Crippen LogP) is 3.00. The molecule has 3 nitrogen and oxygen atoms in total. The van der Waals surface area contributed by atoms with Gasteiger partial charge in [0.25, 0.3) is 0 Å². The van der Waals surface area contributed by atoms with Gasteiger partial charge in [0.15, 0.2) is 0 Å². The average molecular weight is 358 g/mol. The molecule has 21 heavy (non-hydrogen) atoms. The molecule has 1 fully saturated rings. The number of nitrogens with two attached hydrogens (primary N) is 1. The lowest BCUT2D eigenvalue weighted by Gasteiger charge is -2.37. The molecule has 0 aromatic heterocycles. The first-order valence-corrected chi connectivity index (χ1v) is 8.45. The quantitative estimate of drug-likeness (QED) is 0.898. The summed E-state index contributed by atoms with van der Waals surface area (Å²) in [7, 11) is 2.18. The van der Waals surface area contributed by atoms with Crippen LogP contribution in [0.15, 0.2) is 22.7 Å². The standard InChI is InChI=1S/C16H25BrFN3/c1-3-13-11-20(2)7-4-8-21(13)16(10-19)14-6-5-12(18)9-15(14)17/h5-6,9,13,16H,3-4,7-8,10-11,19H2,1-2H3. The Bertz CT molecular complexity index is 469. The van der Waals surface area contributed by atoms with Crippen molar-refractivity contribution in [3.63, 3.8) is 0 Å². The number of benzene rings is 1. The molecule has 118 valence electrons. The lowest BCUT2D eigenvalue weighted by molar-refractivity contribution is 0.130.